The lowest BCUT2D eigenvalue weighted by molar-refractivity contribution is -0.117. The van der Waals surface area contributed by atoms with E-state index in [1.54, 1.807) is 4.90 Å². The maximum Gasteiger partial charge on any atom is 0.244 e. The first-order chi connectivity index (χ1) is 12.1. The van der Waals surface area contributed by atoms with Gasteiger partial charge in [0, 0.05) is 22.0 Å². The molecule has 3 nitrogen and oxygen atoms in total. The number of hydrogen-bond acceptors (Lipinski definition) is 3. The van der Waals surface area contributed by atoms with Crippen LogP contribution in [0, 0.1) is 0 Å². The van der Waals surface area contributed by atoms with Crippen LogP contribution in [0.5, 0.6) is 0 Å². The Morgan fingerprint density at radius 3 is 1.80 bits per heavy atom. The SMILES string of the molecule is CC(Sc1ccc(N)cc1)C(=O)N(c1ccccc1)c1ccccc1. The molecule has 0 saturated heterocycles. The number of hydrogen-bond donors (Lipinski definition) is 1. The fourth-order valence-electron chi connectivity index (χ4n) is 2.54. The number of carbonyl (C=O) groups excluding carboxylic acids is 1. The molecule has 3 aromatic carbocycles. The van der Waals surface area contributed by atoms with Gasteiger partial charge in [0.25, 0.3) is 0 Å². The molecule has 0 aromatic heterocycles. The molecule has 0 radical (unpaired) electrons. The number of carbonyl (C=O) groups is 1. The second-order valence-electron chi connectivity index (χ2n) is 5.67. The molecule has 0 spiro atoms. The molecule has 0 bridgehead atoms. The molecule has 25 heavy (non-hydrogen) atoms. The van der Waals surface area contributed by atoms with E-state index < -0.39 is 0 Å². The smallest absolute Gasteiger partial charge is 0.244 e. The highest BCUT2D eigenvalue weighted by Gasteiger charge is 2.24. The van der Waals surface area contributed by atoms with Gasteiger partial charge in [0.1, 0.15) is 0 Å². The van der Waals surface area contributed by atoms with Crippen LogP contribution >= 0.6 is 11.8 Å². The summed E-state index contributed by atoms with van der Waals surface area (Å²) in [6.45, 7) is 1.93. The molecule has 1 amide bonds. The third kappa shape index (κ3) is 4.22. The van der Waals surface area contributed by atoms with Gasteiger partial charge in [-0.1, -0.05) is 36.4 Å². The zero-order valence-electron chi connectivity index (χ0n) is 14.0. The first-order valence-corrected chi connectivity index (χ1v) is 8.99. The lowest BCUT2D eigenvalue weighted by Gasteiger charge is -2.26. The highest BCUT2D eigenvalue weighted by Crippen LogP contribution is 2.31. The maximum atomic E-state index is 13.2. The molecule has 1 unspecified atom stereocenters. The van der Waals surface area contributed by atoms with Crippen LogP contribution in [0.2, 0.25) is 0 Å². The largest absolute Gasteiger partial charge is 0.399 e. The Bertz CT molecular complexity index is 780. The van der Waals surface area contributed by atoms with Crippen molar-refractivity contribution >= 4 is 34.7 Å². The number of rotatable bonds is 5. The van der Waals surface area contributed by atoms with Gasteiger partial charge in [-0.05, 0) is 55.5 Å². The Hall–Kier alpha value is -2.72. The Labute approximate surface area is 152 Å². The van der Waals surface area contributed by atoms with E-state index in [4.69, 9.17) is 5.73 Å². The van der Waals surface area contributed by atoms with Crippen LogP contribution in [0.1, 0.15) is 6.92 Å². The lowest BCUT2D eigenvalue weighted by atomic mass is 10.2. The Morgan fingerprint density at radius 2 is 1.32 bits per heavy atom. The Balaban J connectivity index is 1.87. The van der Waals surface area contributed by atoms with E-state index in [9.17, 15) is 4.79 Å². The summed E-state index contributed by atoms with van der Waals surface area (Å²) in [7, 11) is 0. The zero-order chi connectivity index (χ0) is 17.6. The molecule has 3 rings (SSSR count). The van der Waals surface area contributed by atoms with Crippen LogP contribution in [0.3, 0.4) is 0 Å². The van der Waals surface area contributed by atoms with Crippen molar-refractivity contribution in [2.75, 3.05) is 10.6 Å². The van der Waals surface area contributed by atoms with Crippen LogP contribution in [-0.4, -0.2) is 11.2 Å². The molecule has 1 atom stereocenters. The Kier molecular flexibility index (Phi) is 5.41. The third-order valence-corrected chi connectivity index (χ3v) is 4.89. The van der Waals surface area contributed by atoms with E-state index in [-0.39, 0.29) is 11.2 Å². The first-order valence-electron chi connectivity index (χ1n) is 8.11. The number of nitrogens with zero attached hydrogens (tertiary/aromatic N) is 1. The van der Waals surface area contributed by atoms with E-state index in [1.165, 1.54) is 11.8 Å². The molecule has 126 valence electrons. The van der Waals surface area contributed by atoms with Crippen molar-refractivity contribution in [1.82, 2.24) is 0 Å². The van der Waals surface area contributed by atoms with E-state index in [1.807, 2.05) is 91.9 Å². The molecule has 0 aliphatic heterocycles. The normalized spacial score (nSPS) is 11.7. The quantitative estimate of drug-likeness (QED) is 0.514. The fourth-order valence-corrected chi connectivity index (χ4v) is 3.45. The van der Waals surface area contributed by atoms with Gasteiger partial charge < -0.3 is 5.73 Å². The monoisotopic (exact) mass is 348 g/mol. The van der Waals surface area contributed by atoms with Crippen molar-refractivity contribution in [1.29, 1.82) is 0 Å². The average Bonchev–Trinajstić information content (AvgIpc) is 2.65. The van der Waals surface area contributed by atoms with E-state index in [2.05, 4.69) is 0 Å². The van der Waals surface area contributed by atoms with Gasteiger partial charge in [0.15, 0.2) is 0 Å². The fraction of sp³-hybridized carbons (Fsp3) is 0.0952. The molecule has 0 aliphatic carbocycles. The number of nitrogens with two attached hydrogens (primary N) is 1. The summed E-state index contributed by atoms with van der Waals surface area (Å²) in [5, 5.41) is -0.232. The predicted octanol–water partition coefficient (Wildman–Crippen LogP) is 5.11. The number of amides is 1. The van der Waals surface area contributed by atoms with Crippen molar-refractivity contribution in [3.05, 3.63) is 84.9 Å². The van der Waals surface area contributed by atoms with Crippen molar-refractivity contribution in [3.63, 3.8) is 0 Å². The summed E-state index contributed by atoms with van der Waals surface area (Å²) in [4.78, 5) is 16.0. The zero-order valence-corrected chi connectivity index (χ0v) is 14.8. The predicted molar refractivity (Wildman–Crippen MR) is 106 cm³/mol. The van der Waals surface area contributed by atoms with Crippen molar-refractivity contribution in [2.45, 2.75) is 17.1 Å². The van der Waals surface area contributed by atoms with Gasteiger partial charge in [-0.3, -0.25) is 9.69 Å². The summed E-state index contributed by atoms with van der Waals surface area (Å²) in [6, 6.07) is 27.1. The molecule has 3 aromatic rings. The molecule has 0 saturated carbocycles. The number of thioether (sulfide) groups is 1. The molecule has 4 heteroatoms. The summed E-state index contributed by atoms with van der Waals surface area (Å²) in [5.41, 5.74) is 8.18. The minimum Gasteiger partial charge on any atom is -0.399 e. The molecule has 0 aliphatic rings. The average molecular weight is 348 g/mol. The van der Waals surface area contributed by atoms with E-state index in [0.717, 1.165) is 22.0 Å². The van der Waals surface area contributed by atoms with Gasteiger partial charge in [-0.2, -0.15) is 0 Å². The molecular formula is C21H20N2OS. The van der Waals surface area contributed by atoms with E-state index in [0.29, 0.717) is 0 Å². The van der Waals surface area contributed by atoms with Crippen LogP contribution < -0.4 is 10.6 Å². The molecule has 0 fully saturated rings. The van der Waals surface area contributed by atoms with Gasteiger partial charge >= 0.3 is 0 Å². The summed E-state index contributed by atoms with van der Waals surface area (Å²) in [5.74, 6) is 0.0409. The van der Waals surface area contributed by atoms with E-state index >= 15 is 0 Å². The van der Waals surface area contributed by atoms with Gasteiger partial charge in [-0.25, -0.2) is 0 Å². The maximum absolute atomic E-state index is 13.2. The minimum absolute atomic E-state index is 0.0409. The Morgan fingerprint density at radius 1 is 0.840 bits per heavy atom. The standard InChI is InChI=1S/C21H20N2OS/c1-16(25-20-14-12-17(22)13-15-20)21(24)23(18-8-4-2-5-9-18)19-10-6-3-7-11-19/h2-16H,22H2,1H3. The number of benzene rings is 3. The second-order valence-corrected chi connectivity index (χ2v) is 7.09. The van der Waals surface area contributed by atoms with Gasteiger partial charge in [0.05, 0.1) is 5.25 Å². The van der Waals surface area contributed by atoms with Crippen LogP contribution in [-0.2, 0) is 4.79 Å². The first kappa shape index (κ1) is 17.1. The summed E-state index contributed by atoms with van der Waals surface area (Å²) in [6.07, 6.45) is 0. The van der Waals surface area contributed by atoms with Crippen molar-refractivity contribution in [3.8, 4) is 0 Å². The lowest BCUT2D eigenvalue weighted by Crippen LogP contribution is -2.32. The van der Waals surface area contributed by atoms with Gasteiger partial charge in [0.2, 0.25) is 5.91 Å². The van der Waals surface area contributed by atoms with Gasteiger partial charge in [-0.15, -0.1) is 11.8 Å². The van der Waals surface area contributed by atoms with Crippen LogP contribution in [0.4, 0.5) is 17.1 Å². The molecule has 2 N–H and O–H groups in total. The number of anilines is 3. The minimum atomic E-state index is -0.232. The topological polar surface area (TPSA) is 46.3 Å². The molecular weight excluding hydrogens is 328 g/mol. The van der Waals surface area contributed by atoms with Crippen LogP contribution in [0.25, 0.3) is 0 Å². The third-order valence-electron chi connectivity index (χ3n) is 3.79. The number of para-hydroxylation sites is 2. The number of nitrogen functional groups attached to an aromatic ring is 1. The highest BCUT2D eigenvalue weighted by atomic mass is 32.2. The van der Waals surface area contributed by atoms with Crippen LogP contribution in [0.15, 0.2) is 89.8 Å². The molecule has 0 heterocycles. The van der Waals surface area contributed by atoms with Crippen molar-refractivity contribution < 1.29 is 4.79 Å². The second kappa shape index (κ2) is 7.90. The highest BCUT2D eigenvalue weighted by molar-refractivity contribution is 8.00. The summed E-state index contributed by atoms with van der Waals surface area (Å²) < 4.78 is 0. The summed E-state index contributed by atoms with van der Waals surface area (Å²) >= 11 is 1.53. The van der Waals surface area contributed by atoms with Crippen molar-refractivity contribution in [2.24, 2.45) is 0 Å².